The lowest BCUT2D eigenvalue weighted by molar-refractivity contribution is -0.179. The van der Waals surface area contributed by atoms with Gasteiger partial charge in [0.15, 0.2) is 11.9 Å². The summed E-state index contributed by atoms with van der Waals surface area (Å²) < 4.78 is 11.8. The molecule has 0 bridgehead atoms. The minimum atomic E-state index is -0.820. The number of aliphatic hydroxyl groups excluding tert-OH is 1. The fraction of sp³-hybridized carbons (Fsp3) is 0.526. The van der Waals surface area contributed by atoms with Crippen LogP contribution in [0.25, 0.3) is 0 Å². The number of rotatable bonds is 5. The number of carbonyl (C=O) groups is 1. The molecule has 2 aliphatic rings. The maximum absolute atomic E-state index is 13.0. The van der Waals surface area contributed by atoms with Crippen LogP contribution in [-0.2, 0) is 14.3 Å². The molecule has 130 valence electrons. The first kappa shape index (κ1) is 17.1. The highest BCUT2D eigenvalue weighted by atomic mass is 16.8. The monoisotopic (exact) mass is 331 g/mol. The van der Waals surface area contributed by atoms with Gasteiger partial charge in [0.25, 0.3) is 5.91 Å². The molecule has 1 N–H and O–H groups in total. The summed E-state index contributed by atoms with van der Waals surface area (Å²) in [6.07, 6.45) is 0.159. The van der Waals surface area contributed by atoms with Crippen LogP contribution in [0.4, 0.5) is 0 Å². The Morgan fingerprint density at radius 3 is 2.62 bits per heavy atom. The molecule has 0 unspecified atom stereocenters. The maximum Gasteiger partial charge on any atom is 0.255 e. The van der Waals surface area contributed by atoms with Crippen molar-refractivity contribution in [3.05, 3.63) is 48.6 Å². The Kier molecular flexibility index (Phi) is 4.51. The lowest BCUT2D eigenvalue weighted by Gasteiger charge is -2.36. The second-order valence-electron chi connectivity index (χ2n) is 6.94. The number of amides is 1. The van der Waals surface area contributed by atoms with Gasteiger partial charge >= 0.3 is 0 Å². The first-order valence-corrected chi connectivity index (χ1v) is 8.37. The van der Waals surface area contributed by atoms with Gasteiger partial charge < -0.3 is 19.5 Å². The zero-order valence-electron chi connectivity index (χ0n) is 14.4. The van der Waals surface area contributed by atoms with Crippen molar-refractivity contribution in [3.8, 4) is 0 Å². The van der Waals surface area contributed by atoms with Crippen LogP contribution < -0.4 is 0 Å². The van der Waals surface area contributed by atoms with Gasteiger partial charge in [0.1, 0.15) is 6.10 Å². The predicted octanol–water partition coefficient (Wildman–Crippen LogP) is 2.42. The van der Waals surface area contributed by atoms with E-state index in [2.05, 4.69) is 6.58 Å². The van der Waals surface area contributed by atoms with Crippen LogP contribution in [-0.4, -0.2) is 46.1 Å². The third-order valence-electron chi connectivity index (χ3n) is 4.79. The Morgan fingerprint density at radius 1 is 1.33 bits per heavy atom. The van der Waals surface area contributed by atoms with Crippen LogP contribution in [0.15, 0.2) is 43.0 Å². The van der Waals surface area contributed by atoms with E-state index in [4.69, 9.17) is 9.47 Å². The number of likely N-dealkylation sites (tertiary alicyclic amines) is 1. The van der Waals surface area contributed by atoms with E-state index in [1.165, 1.54) is 0 Å². The zero-order chi connectivity index (χ0) is 17.5. The van der Waals surface area contributed by atoms with Crippen molar-refractivity contribution in [1.82, 2.24) is 4.90 Å². The highest BCUT2D eigenvalue weighted by molar-refractivity contribution is 5.85. The number of nitrogens with zero attached hydrogens (tertiary/aromatic N) is 1. The van der Waals surface area contributed by atoms with Crippen LogP contribution in [0.2, 0.25) is 0 Å². The van der Waals surface area contributed by atoms with Crippen LogP contribution >= 0.6 is 0 Å². The van der Waals surface area contributed by atoms with Gasteiger partial charge in [-0.05, 0) is 32.8 Å². The van der Waals surface area contributed by atoms with E-state index < -0.39 is 30.1 Å². The summed E-state index contributed by atoms with van der Waals surface area (Å²) in [6, 6.07) is 9.15. The molecule has 2 heterocycles. The summed E-state index contributed by atoms with van der Waals surface area (Å²) in [4.78, 5) is 14.7. The molecule has 0 aliphatic carbocycles. The number of hydrogen-bond acceptors (Lipinski definition) is 4. The van der Waals surface area contributed by atoms with Crippen LogP contribution in [0, 0.1) is 0 Å². The summed E-state index contributed by atoms with van der Waals surface area (Å²) in [6.45, 7) is 9.25. The Hall–Kier alpha value is -1.69. The summed E-state index contributed by atoms with van der Waals surface area (Å²) in [5.74, 6) is -0.950. The fourth-order valence-corrected chi connectivity index (χ4v) is 3.74. The van der Waals surface area contributed by atoms with E-state index in [0.717, 1.165) is 5.56 Å². The lowest BCUT2D eigenvalue weighted by Crippen LogP contribution is -2.48. The second-order valence-corrected chi connectivity index (χ2v) is 6.94. The van der Waals surface area contributed by atoms with Gasteiger partial charge in [-0.3, -0.25) is 4.79 Å². The summed E-state index contributed by atoms with van der Waals surface area (Å²) in [7, 11) is 0. The highest BCUT2D eigenvalue weighted by Crippen LogP contribution is 2.42. The average molecular weight is 331 g/mol. The Balaban J connectivity index is 1.95. The minimum Gasteiger partial charge on any atom is -0.391 e. The second kappa shape index (κ2) is 6.31. The molecule has 5 nitrogen and oxygen atoms in total. The highest BCUT2D eigenvalue weighted by Gasteiger charge is 2.60. The first-order valence-electron chi connectivity index (χ1n) is 8.37. The van der Waals surface area contributed by atoms with Gasteiger partial charge in [-0.15, -0.1) is 6.58 Å². The Labute approximate surface area is 142 Å². The topological polar surface area (TPSA) is 59.0 Å². The molecule has 0 aromatic heterocycles. The van der Waals surface area contributed by atoms with Crippen LogP contribution in [0.3, 0.4) is 0 Å². The predicted molar refractivity (Wildman–Crippen MR) is 90.1 cm³/mol. The quantitative estimate of drug-likeness (QED) is 0.842. The van der Waals surface area contributed by atoms with Crippen molar-refractivity contribution in [2.24, 2.45) is 0 Å². The third kappa shape index (κ3) is 2.88. The van der Waals surface area contributed by atoms with E-state index in [9.17, 15) is 9.90 Å². The van der Waals surface area contributed by atoms with Crippen molar-refractivity contribution in [1.29, 1.82) is 0 Å². The summed E-state index contributed by atoms with van der Waals surface area (Å²) in [5.41, 5.74) is 1.01. The number of aliphatic hydroxyl groups is 1. The van der Waals surface area contributed by atoms with Crippen molar-refractivity contribution in [2.45, 2.75) is 63.4 Å². The molecule has 1 aromatic rings. The summed E-state index contributed by atoms with van der Waals surface area (Å²) in [5, 5.41) is 10.6. The number of hydrogen-bond donors (Lipinski definition) is 1. The van der Waals surface area contributed by atoms with Crippen molar-refractivity contribution in [3.63, 3.8) is 0 Å². The molecule has 5 heteroatoms. The normalized spacial score (nSPS) is 30.9. The molecule has 0 saturated carbocycles. The largest absolute Gasteiger partial charge is 0.391 e. The molecule has 24 heavy (non-hydrogen) atoms. The maximum atomic E-state index is 13.0. The van der Waals surface area contributed by atoms with Crippen molar-refractivity contribution < 1.29 is 19.4 Å². The molecular formula is C19H25NO4. The van der Waals surface area contributed by atoms with E-state index in [0.29, 0.717) is 6.42 Å². The van der Waals surface area contributed by atoms with Crippen LogP contribution in [0.1, 0.15) is 38.8 Å². The van der Waals surface area contributed by atoms with Gasteiger partial charge in [0, 0.05) is 0 Å². The van der Waals surface area contributed by atoms with Crippen LogP contribution in [0.5, 0.6) is 0 Å². The van der Waals surface area contributed by atoms with Gasteiger partial charge in [-0.25, -0.2) is 0 Å². The molecule has 5 atom stereocenters. The minimum absolute atomic E-state index is 0.130. The number of carbonyl (C=O) groups excluding carboxylic acids is 1. The Bertz CT molecular complexity index is 615. The number of fused-ring (bicyclic) bond motifs is 1. The number of benzene rings is 1. The molecule has 2 saturated heterocycles. The lowest BCUT2D eigenvalue weighted by atomic mass is 9.99. The molecule has 1 amide bonds. The molecule has 2 aliphatic heterocycles. The Morgan fingerprint density at radius 2 is 2.00 bits per heavy atom. The van der Waals surface area contributed by atoms with Gasteiger partial charge in [0.2, 0.25) is 0 Å². The van der Waals surface area contributed by atoms with E-state index >= 15 is 0 Å². The SMILES string of the molecule is C=CC[C@@H](O)[C@@H]1[C@@H]2OC(C)(C)O[C@@H]2C(=O)N1[C@H](C)c1ccccc1. The third-order valence-corrected chi connectivity index (χ3v) is 4.79. The van der Waals surface area contributed by atoms with E-state index in [1.54, 1.807) is 24.8 Å². The molecule has 0 spiro atoms. The van der Waals surface area contributed by atoms with Gasteiger partial charge in [-0.2, -0.15) is 0 Å². The molecular weight excluding hydrogens is 306 g/mol. The fourth-order valence-electron chi connectivity index (χ4n) is 3.74. The average Bonchev–Trinajstić information content (AvgIpc) is 2.99. The van der Waals surface area contributed by atoms with Gasteiger partial charge in [-0.1, -0.05) is 36.4 Å². The smallest absolute Gasteiger partial charge is 0.255 e. The standard InChI is InChI=1S/C19H25NO4/c1-5-9-14(21)15-16-17(24-19(3,4)23-16)18(22)20(15)12(2)13-10-7-6-8-11-13/h5-8,10-12,14-17,21H,1,9H2,2-4H3/t12-,14-,15-,16+,17+/m1/s1. The molecule has 1 aromatic carbocycles. The van der Waals surface area contributed by atoms with Crippen molar-refractivity contribution in [2.75, 3.05) is 0 Å². The first-order chi connectivity index (χ1) is 11.4. The summed E-state index contributed by atoms with van der Waals surface area (Å²) >= 11 is 0. The number of ether oxygens (including phenoxy) is 2. The zero-order valence-corrected chi connectivity index (χ0v) is 14.4. The molecule has 3 rings (SSSR count). The van der Waals surface area contributed by atoms with E-state index in [-0.39, 0.29) is 11.9 Å². The van der Waals surface area contributed by atoms with Gasteiger partial charge in [0.05, 0.1) is 18.2 Å². The van der Waals surface area contributed by atoms with E-state index in [1.807, 2.05) is 37.3 Å². The molecule has 0 radical (unpaired) electrons. The molecule has 2 fully saturated rings. The van der Waals surface area contributed by atoms with Crippen molar-refractivity contribution >= 4 is 5.91 Å².